The Morgan fingerprint density at radius 3 is 2.48 bits per heavy atom. The summed E-state index contributed by atoms with van der Waals surface area (Å²) in [5.74, 6) is 0.332. The minimum absolute atomic E-state index is 0.332. The number of phenolic OH excluding ortho intramolecular Hbond substituents is 1. The summed E-state index contributed by atoms with van der Waals surface area (Å²) in [6.07, 6.45) is 3.27. The van der Waals surface area contributed by atoms with Crippen LogP contribution in [-0.2, 0) is 12.8 Å². The molecule has 0 fully saturated rings. The van der Waals surface area contributed by atoms with Crippen molar-refractivity contribution in [3.8, 4) is 5.75 Å². The Bertz CT molecular complexity index is 548. The van der Waals surface area contributed by atoms with Crippen LogP contribution in [0, 0.1) is 6.92 Å². The zero-order chi connectivity index (χ0) is 15.1. The molecule has 0 aliphatic rings. The molecule has 0 bridgehead atoms. The fourth-order valence-electron chi connectivity index (χ4n) is 2.48. The van der Waals surface area contributed by atoms with Gasteiger partial charge >= 0.3 is 0 Å². The molecule has 0 radical (unpaired) electrons. The first-order chi connectivity index (χ1) is 10.1. The summed E-state index contributed by atoms with van der Waals surface area (Å²) in [6.45, 7) is 5.36. The van der Waals surface area contributed by atoms with Gasteiger partial charge in [-0.3, -0.25) is 0 Å². The predicted octanol–water partition coefficient (Wildman–Crippen LogP) is 3.85. The first-order valence-corrected chi connectivity index (χ1v) is 7.70. The lowest BCUT2D eigenvalue weighted by molar-refractivity contribution is 0.475. The van der Waals surface area contributed by atoms with Crippen molar-refractivity contribution in [1.29, 1.82) is 0 Å². The van der Waals surface area contributed by atoms with Crippen molar-refractivity contribution < 1.29 is 5.11 Å². The zero-order valence-electron chi connectivity index (χ0n) is 13.0. The number of hydrogen-bond acceptors (Lipinski definition) is 2. The third kappa shape index (κ3) is 5.60. The summed E-state index contributed by atoms with van der Waals surface area (Å²) >= 11 is 0. The summed E-state index contributed by atoms with van der Waals surface area (Å²) in [5, 5.41) is 12.8. The van der Waals surface area contributed by atoms with Crippen molar-refractivity contribution in [1.82, 2.24) is 5.32 Å². The van der Waals surface area contributed by atoms with Crippen molar-refractivity contribution >= 4 is 0 Å². The molecule has 112 valence electrons. The van der Waals surface area contributed by atoms with Crippen molar-refractivity contribution in [2.24, 2.45) is 0 Å². The molecule has 2 N–H and O–H groups in total. The van der Waals surface area contributed by atoms with Crippen LogP contribution >= 0.6 is 0 Å². The molecule has 0 aliphatic carbocycles. The van der Waals surface area contributed by atoms with Gasteiger partial charge in [-0.1, -0.05) is 42.0 Å². The molecule has 1 unspecified atom stereocenters. The van der Waals surface area contributed by atoms with Gasteiger partial charge in [0.25, 0.3) is 0 Å². The molecule has 0 spiro atoms. The number of hydrogen-bond donors (Lipinski definition) is 2. The van der Waals surface area contributed by atoms with Gasteiger partial charge in [-0.25, -0.2) is 0 Å². The topological polar surface area (TPSA) is 32.3 Å². The zero-order valence-corrected chi connectivity index (χ0v) is 13.0. The fraction of sp³-hybridized carbons (Fsp3) is 0.368. The quantitative estimate of drug-likeness (QED) is 0.809. The SMILES string of the molecule is Cc1cccc(CCC(C)NCCc2ccc(O)cc2)c1. The smallest absolute Gasteiger partial charge is 0.115 e. The molecule has 0 aromatic heterocycles. The average Bonchev–Trinajstić information content (AvgIpc) is 2.47. The molecule has 2 rings (SSSR count). The van der Waals surface area contributed by atoms with Crippen LogP contribution in [0.2, 0.25) is 0 Å². The summed E-state index contributed by atoms with van der Waals surface area (Å²) < 4.78 is 0. The highest BCUT2D eigenvalue weighted by Crippen LogP contribution is 2.10. The number of nitrogens with one attached hydrogen (secondary N) is 1. The second kappa shape index (κ2) is 7.84. The number of aryl methyl sites for hydroxylation is 2. The van der Waals surface area contributed by atoms with Gasteiger partial charge in [0.2, 0.25) is 0 Å². The molecular weight excluding hydrogens is 258 g/mol. The van der Waals surface area contributed by atoms with E-state index in [1.54, 1.807) is 12.1 Å². The minimum Gasteiger partial charge on any atom is -0.508 e. The van der Waals surface area contributed by atoms with Crippen molar-refractivity contribution in [3.05, 3.63) is 65.2 Å². The molecule has 0 saturated carbocycles. The molecule has 0 heterocycles. The maximum atomic E-state index is 9.25. The monoisotopic (exact) mass is 283 g/mol. The highest BCUT2D eigenvalue weighted by atomic mass is 16.3. The van der Waals surface area contributed by atoms with Gasteiger partial charge in [0.15, 0.2) is 0 Å². The van der Waals surface area contributed by atoms with Crippen LogP contribution in [0.5, 0.6) is 5.75 Å². The third-order valence-corrected chi connectivity index (χ3v) is 3.79. The van der Waals surface area contributed by atoms with E-state index >= 15 is 0 Å². The summed E-state index contributed by atoms with van der Waals surface area (Å²) in [5.41, 5.74) is 4.01. The van der Waals surface area contributed by atoms with Crippen LogP contribution in [0.15, 0.2) is 48.5 Å². The molecule has 1 atom stereocenters. The molecule has 0 amide bonds. The molecule has 0 aliphatic heterocycles. The van der Waals surface area contributed by atoms with Crippen molar-refractivity contribution in [2.45, 2.75) is 39.2 Å². The standard InChI is InChI=1S/C19H25NO/c1-15-4-3-5-18(14-15)7-6-16(2)20-13-12-17-8-10-19(21)11-9-17/h3-5,8-11,14,16,20-21H,6-7,12-13H2,1-2H3. The van der Waals surface area contributed by atoms with Gasteiger partial charge in [0.1, 0.15) is 5.75 Å². The Morgan fingerprint density at radius 1 is 1.00 bits per heavy atom. The molecule has 2 nitrogen and oxygen atoms in total. The average molecular weight is 283 g/mol. The van der Waals surface area contributed by atoms with Crippen molar-refractivity contribution in [2.75, 3.05) is 6.54 Å². The van der Waals surface area contributed by atoms with E-state index in [9.17, 15) is 5.11 Å². The lowest BCUT2D eigenvalue weighted by Gasteiger charge is -2.14. The van der Waals surface area contributed by atoms with Gasteiger partial charge < -0.3 is 10.4 Å². The summed E-state index contributed by atoms with van der Waals surface area (Å²) in [4.78, 5) is 0. The molecule has 2 aromatic carbocycles. The van der Waals surface area contributed by atoms with Crippen LogP contribution < -0.4 is 5.32 Å². The summed E-state index contributed by atoms with van der Waals surface area (Å²) in [6, 6.07) is 16.7. The van der Waals surface area contributed by atoms with E-state index in [0.717, 1.165) is 25.8 Å². The van der Waals surface area contributed by atoms with Gasteiger partial charge in [0.05, 0.1) is 0 Å². The minimum atomic E-state index is 0.332. The number of aromatic hydroxyl groups is 1. The van der Waals surface area contributed by atoms with E-state index in [4.69, 9.17) is 0 Å². The summed E-state index contributed by atoms with van der Waals surface area (Å²) in [7, 11) is 0. The van der Waals surface area contributed by atoms with Gasteiger partial charge in [-0.05, 0) is 62.9 Å². The van der Waals surface area contributed by atoms with Gasteiger partial charge in [-0.2, -0.15) is 0 Å². The van der Waals surface area contributed by atoms with Crippen LogP contribution in [0.25, 0.3) is 0 Å². The third-order valence-electron chi connectivity index (χ3n) is 3.79. The lowest BCUT2D eigenvalue weighted by atomic mass is 10.0. The first-order valence-electron chi connectivity index (χ1n) is 7.70. The van der Waals surface area contributed by atoms with E-state index in [1.165, 1.54) is 16.7 Å². The highest BCUT2D eigenvalue weighted by Gasteiger charge is 2.02. The number of rotatable bonds is 7. The van der Waals surface area contributed by atoms with E-state index in [2.05, 4.69) is 43.4 Å². The Morgan fingerprint density at radius 2 is 1.76 bits per heavy atom. The van der Waals surface area contributed by atoms with Gasteiger partial charge in [-0.15, -0.1) is 0 Å². The lowest BCUT2D eigenvalue weighted by Crippen LogP contribution is -2.28. The predicted molar refractivity (Wildman–Crippen MR) is 88.8 cm³/mol. The first kappa shape index (κ1) is 15.6. The van der Waals surface area contributed by atoms with E-state index < -0.39 is 0 Å². The second-order valence-corrected chi connectivity index (χ2v) is 5.80. The Hall–Kier alpha value is -1.80. The highest BCUT2D eigenvalue weighted by molar-refractivity contribution is 5.26. The molecular formula is C19H25NO. The second-order valence-electron chi connectivity index (χ2n) is 5.80. The number of benzene rings is 2. The largest absolute Gasteiger partial charge is 0.508 e. The maximum absolute atomic E-state index is 9.25. The van der Waals surface area contributed by atoms with Crippen LogP contribution in [-0.4, -0.2) is 17.7 Å². The van der Waals surface area contributed by atoms with E-state index in [-0.39, 0.29) is 0 Å². The fourth-order valence-corrected chi connectivity index (χ4v) is 2.48. The molecule has 2 aromatic rings. The van der Waals surface area contributed by atoms with Gasteiger partial charge in [0, 0.05) is 6.04 Å². The van der Waals surface area contributed by atoms with E-state index in [1.807, 2.05) is 12.1 Å². The normalized spacial score (nSPS) is 12.3. The number of phenols is 1. The molecule has 2 heteroatoms. The maximum Gasteiger partial charge on any atom is 0.115 e. The Kier molecular flexibility index (Phi) is 5.82. The van der Waals surface area contributed by atoms with Crippen LogP contribution in [0.1, 0.15) is 30.0 Å². The van der Waals surface area contributed by atoms with Crippen LogP contribution in [0.4, 0.5) is 0 Å². The Balaban J connectivity index is 1.67. The van der Waals surface area contributed by atoms with E-state index in [0.29, 0.717) is 11.8 Å². The molecule has 21 heavy (non-hydrogen) atoms. The van der Waals surface area contributed by atoms with Crippen LogP contribution in [0.3, 0.4) is 0 Å². The molecule has 0 saturated heterocycles. The van der Waals surface area contributed by atoms with Crippen molar-refractivity contribution in [3.63, 3.8) is 0 Å². The Labute approximate surface area is 127 Å².